The Kier molecular flexibility index (Phi) is 10.2. The van der Waals surface area contributed by atoms with Gasteiger partial charge in [-0.25, -0.2) is 4.98 Å². The molecule has 2 aromatic heterocycles. The Morgan fingerprint density at radius 1 is 1.07 bits per heavy atom. The van der Waals surface area contributed by atoms with Crippen LogP contribution in [-0.2, 0) is 6.54 Å². The molecule has 3 heterocycles. The molecule has 1 atom stereocenters. The van der Waals surface area contributed by atoms with Gasteiger partial charge in [-0.05, 0) is 36.1 Å². The van der Waals surface area contributed by atoms with Crippen LogP contribution in [0.25, 0.3) is 11.2 Å². The number of benzene rings is 2. The van der Waals surface area contributed by atoms with E-state index in [0.717, 1.165) is 31.4 Å². The molecular formula is C31H36Cl2N8O3. The summed E-state index contributed by atoms with van der Waals surface area (Å²) < 4.78 is 1.93. The van der Waals surface area contributed by atoms with Gasteiger partial charge in [-0.1, -0.05) is 68.4 Å². The highest BCUT2D eigenvalue weighted by Gasteiger charge is 2.26. The molecular weight excluding hydrogens is 603 g/mol. The number of hydrogen-bond donors (Lipinski definition) is 1. The van der Waals surface area contributed by atoms with Crippen LogP contribution in [0.15, 0.2) is 48.8 Å². The summed E-state index contributed by atoms with van der Waals surface area (Å²) in [5.74, 6) is 1.61. The van der Waals surface area contributed by atoms with Gasteiger partial charge >= 0.3 is 0 Å². The van der Waals surface area contributed by atoms with E-state index in [0.29, 0.717) is 77.2 Å². The largest absolute Gasteiger partial charge is 0.368 e. The van der Waals surface area contributed by atoms with Crippen molar-refractivity contribution >= 4 is 57.7 Å². The summed E-state index contributed by atoms with van der Waals surface area (Å²) in [5, 5.41) is 15.5. The van der Waals surface area contributed by atoms with Gasteiger partial charge in [0, 0.05) is 49.9 Å². The standard InChI is InChI=1S/C31H36Cl2N8O3/c1-3-5-6-21(4-2)18-34-28-27-29(40(20-35-27)19-22-7-10-24(11-8-22)41(43)44)37-31(36-28)39-15-13-38(14-16-39)30(42)25-12-9-23(32)17-26(25)33/h7-12,17,20-21H,3-6,13-16,18-19H2,1-2H3,(H,34,36,37). The zero-order chi connectivity index (χ0) is 31.2. The van der Waals surface area contributed by atoms with Crippen molar-refractivity contribution in [3.8, 4) is 0 Å². The SMILES string of the molecule is CCCCC(CC)CNc1nc(N2CCN(C(=O)c3ccc(Cl)cc3Cl)CC2)nc2c1ncn2Cc1ccc([N+](=O)[O-])cc1. The molecule has 1 fully saturated rings. The Labute approximate surface area is 266 Å². The lowest BCUT2D eigenvalue weighted by Crippen LogP contribution is -2.49. The van der Waals surface area contributed by atoms with Crippen molar-refractivity contribution in [3.63, 3.8) is 0 Å². The summed E-state index contributed by atoms with van der Waals surface area (Å²) >= 11 is 12.3. The lowest BCUT2D eigenvalue weighted by molar-refractivity contribution is -0.384. The van der Waals surface area contributed by atoms with Crippen molar-refractivity contribution in [3.05, 3.63) is 80.1 Å². The number of nitrogens with one attached hydrogen (secondary N) is 1. The molecule has 0 spiro atoms. The Bertz CT molecular complexity index is 1620. The molecule has 11 nitrogen and oxygen atoms in total. The number of carbonyl (C=O) groups excluding carboxylic acids is 1. The number of hydrogen-bond acceptors (Lipinski definition) is 8. The van der Waals surface area contributed by atoms with E-state index in [2.05, 4.69) is 29.0 Å². The number of anilines is 2. The number of non-ortho nitro benzene ring substituents is 1. The minimum Gasteiger partial charge on any atom is -0.368 e. The smallest absolute Gasteiger partial charge is 0.269 e. The minimum absolute atomic E-state index is 0.0462. The van der Waals surface area contributed by atoms with E-state index in [9.17, 15) is 14.9 Å². The summed E-state index contributed by atoms with van der Waals surface area (Å²) in [6.07, 6.45) is 6.28. The van der Waals surface area contributed by atoms with Gasteiger partial charge in [0.15, 0.2) is 17.0 Å². The maximum atomic E-state index is 13.2. The third-order valence-electron chi connectivity index (χ3n) is 8.06. The van der Waals surface area contributed by atoms with Crippen LogP contribution in [0, 0.1) is 16.0 Å². The van der Waals surface area contributed by atoms with Crippen molar-refractivity contribution in [2.45, 2.75) is 46.1 Å². The van der Waals surface area contributed by atoms with Crippen molar-refractivity contribution in [1.82, 2.24) is 24.4 Å². The van der Waals surface area contributed by atoms with Crippen LogP contribution >= 0.6 is 23.2 Å². The molecule has 5 rings (SSSR count). The number of amides is 1. The first-order valence-electron chi connectivity index (χ1n) is 15.0. The fraction of sp³-hybridized carbons (Fsp3) is 0.419. The summed E-state index contributed by atoms with van der Waals surface area (Å²) in [5.41, 5.74) is 2.71. The fourth-order valence-corrected chi connectivity index (χ4v) is 5.85. The Balaban J connectivity index is 1.39. The fourth-order valence-electron chi connectivity index (χ4n) is 5.36. The number of nitro benzene ring substituents is 1. The number of nitrogens with zero attached hydrogens (tertiary/aromatic N) is 7. The summed E-state index contributed by atoms with van der Waals surface area (Å²) in [6, 6.07) is 11.4. The van der Waals surface area contributed by atoms with Crippen molar-refractivity contribution in [2.24, 2.45) is 5.92 Å². The highest BCUT2D eigenvalue weighted by Crippen LogP contribution is 2.27. The quantitative estimate of drug-likeness (QED) is 0.135. The second-order valence-electron chi connectivity index (χ2n) is 11.0. The molecule has 1 aliphatic heterocycles. The van der Waals surface area contributed by atoms with E-state index in [1.807, 2.05) is 4.57 Å². The van der Waals surface area contributed by atoms with Crippen LogP contribution in [-0.4, -0.2) is 68.0 Å². The van der Waals surface area contributed by atoms with E-state index in [-0.39, 0.29) is 11.6 Å². The monoisotopic (exact) mass is 638 g/mol. The van der Waals surface area contributed by atoms with Crippen LogP contribution in [0.1, 0.15) is 55.5 Å². The molecule has 0 saturated carbocycles. The molecule has 4 aromatic rings. The number of aromatic nitrogens is 4. The van der Waals surface area contributed by atoms with Gasteiger partial charge in [-0.2, -0.15) is 9.97 Å². The first-order chi connectivity index (χ1) is 21.3. The molecule has 1 aliphatic rings. The van der Waals surface area contributed by atoms with Gasteiger partial charge in [0.2, 0.25) is 5.95 Å². The zero-order valence-electron chi connectivity index (χ0n) is 24.9. The maximum Gasteiger partial charge on any atom is 0.269 e. The van der Waals surface area contributed by atoms with Gasteiger partial charge in [0.25, 0.3) is 11.6 Å². The molecule has 44 heavy (non-hydrogen) atoms. The summed E-state index contributed by atoms with van der Waals surface area (Å²) in [4.78, 5) is 42.3. The van der Waals surface area contributed by atoms with Gasteiger partial charge in [-0.15, -0.1) is 0 Å². The van der Waals surface area contributed by atoms with E-state index in [4.69, 9.17) is 33.2 Å². The van der Waals surface area contributed by atoms with E-state index in [1.165, 1.54) is 18.6 Å². The predicted molar refractivity (Wildman–Crippen MR) is 174 cm³/mol. The number of fused-ring (bicyclic) bond motifs is 1. The molecule has 13 heteroatoms. The number of carbonyl (C=O) groups is 1. The average molecular weight is 640 g/mol. The highest BCUT2D eigenvalue weighted by molar-refractivity contribution is 6.36. The Morgan fingerprint density at radius 3 is 2.48 bits per heavy atom. The van der Waals surface area contributed by atoms with Crippen LogP contribution in [0.4, 0.5) is 17.5 Å². The molecule has 1 amide bonds. The average Bonchev–Trinajstić information content (AvgIpc) is 3.43. The number of piperazine rings is 1. The van der Waals surface area contributed by atoms with E-state index in [1.54, 1.807) is 41.6 Å². The number of halogens is 2. The lowest BCUT2D eigenvalue weighted by Gasteiger charge is -2.35. The molecule has 0 bridgehead atoms. The molecule has 1 N–H and O–H groups in total. The van der Waals surface area contributed by atoms with Crippen LogP contribution < -0.4 is 10.2 Å². The summed E-state index contributed by atoms with van der Waals surface area (Å²) in [7, 11) is 0. The molecule has 1 saturated heterocycles. The highest BCUT2D eigenvalue weighted by atomic mass is 35.5. The van der Waals surface area contributed by atoms with Gasteiger partial charge in [0.05, 0.1) is 28.4 Å². The maximum absolute atomic E-state index is 13.2. The van der Waals surface area contributed by atoms with Crippen LogP contribution in [0.2, 0.25) is 10.0 Å². The van der Waals surface area contributed by atoms with Crippen molar-refractivity contribution in [1.29, 1.82) is 0 Å². The topological polar surface area (TPSA) is 122 Å². The molecule has 1 unspecified atom stereocenters. The van der Waals surface area contributed by atoms with Crippen molar-refractivity contribution < 1.29 is 9.72 Å². The second kappa shape index (κ2) is 14.2. The number of nitro groups is 1. The first-order valence-corrected chi connectivity index (χ1v) is 15.7. The molecule has 0 aliphatic carbocycles. The third-order valence-corrected chi connectivity index (χ3v) is 8.61. The number of rotatable bonds is 12. The van der Waals surface area contributed by atoms with Gasteiger partial charge in [0.1, 0.15) is 0 Å². The Hall–Kier alpha value is -3.96. The second-order valence-corrected chi connectivity index (χ2v) is 11.9. The number of imidazole rings is 1. The molecule has 2 aromatic carbocycles. The van der Waals surface area contributed by atoms with Crippen LogP contribution in [0.3, 0.4) is 0 Å². The summed E-state index contributed by atoms with van der Waals surface area (Å²) in [6.45, 7) is 7.70. The molecule has 232 valence electrons. The minimum atomic E-state index is -0.407. The van der Waals surface area contributed by atoms with E-state index < -0.39 is 4.92 Å². The lowest BCUT2D eigenvalue weighted by atomic mass is 9.99. The molecule has 0 radical (unpaired) electrons. The van der Waals surface area contributed by atoms with Gasteiger partial charge < -0.3 is 19.7 Å². The van der Waals surface area contributed by atoms with Crippen LogP contribution in [0.5, 0.6) is 0 Å². The number of unbranched alkanes of at least 4 members (excludes halogenated alkanes) is 1. The first kappa shape index (κ1) is 31.5. The normalized spacial score (nSPS) is 14.2. The predicted octanol–water partition coefficient (Wildman–Crippen LogP) is 6.68. The Morgan fingerprint density at radius 2 is 1.82 bits per heavy atom. The van der Waals surface area contributed by atoms with Crippen molar-refractivity contribution in [2.75, 3.05) is 42.9 Å². The van der Waals surface area contributed by atoms with Gasteiger partial charge in [-0.3, -0.25) is 14.9 Å². The third kappa shape index (κ3) is 7.22. The zero-order valence-corrected chi connectivity index (χ0v) is 26.4. The van der Waals surface area contributed by atoms with E-state index >= 15 is 0 Å².